The number of primary amides is 1. The van der Waals surface area contributed by atoms with Gasteiger partial charge in [0.2, 0.25) is 5.91 Å². The van der Waals surface area contributed by atoms with Crippen molar-refractivity contribution in [2.45, 2.75) is 39.2 Å². The number of carbonyl (C=O) groups is 1. The minimum atomic E-state index is -0.269. The summed E-state index contributed by atoms with van der Waals surface area (Å²) in [5.74, 6) is 0.259. The van der Waals surface area contributed by atoms with Crippen molar-refractivity contribution in [3.63, 3.8) is 0 Å². The molecular formula is C20H26N4O. The van der Waals surface area contributed by atoms with Crippen molar-refractivity contribution < 1.29 is 4.79 Å². The zero-order chi connectivity index (χ0) is 18.0. The van der Waals surface area contributed by atoms with Crippen molar-refractivity contribution in [1.82, 2.24) is 14.7 Å². The first kappa shape index (κ1) is 17.4. The lowest BCUT2D eigenvalue weighted by atomic mass is 10.0. The van der Waals surface area contributed by atoms with E-state index in [0.717, 1.165) is 30.8 Å². The van der Waals surface area contributed by atoms with Crippen molar-refractivity contribution in [1.29, 1.82) is 0 Å². The lowest BCUT2D eigenvalue weighted by molar-refractivity contribution is -0.122. The van der Waals surface area contributed by atoms with Crippen molar-refractivity contribution in [3.05, 3.63) is 53.9 Å². The molecule has 0 saturated carbocycles. The zero-order valence-corrected chi connectivity index (χ0v) is 15.1. The van der Waals surface area contributed by atoms with Crippen LogP contribution in [0, 0.1) is 0 Å². The van der Waals surface area contributed by atoms with E-state index in [-0.39, 0.29) is 11.9 Å². The molecule has 3 rings (SSSR count). The van der Waals surface area contributed by atoms with Gasteiger partial charge in [0.1, 0.15) is 0 Å². The minimum Gasteiger partial charge on any atom is -0.368 e. The molecule has 1 aliphatic rings. The van der Waals surface area contributed by atoms with Crippen LogP contribution in [0.4, 0.5) is 0 Å². The molecule has 0 bridgehead atoms. The molecule has 2 aromatic rings. The quantitative estimate of drug-likeness (QED) is 0.911. The largest absolute Gasteiger partial charge is 0.368 e. The molecule has 1 aromatic carbocycles. The highest BCUT2D eigenvalue weighted by molar-refractivity contribution is 5.79. The molecular weight excluding hydrogens is 312 g/mol. The fraction of sp³-hybridized carbons (Fsp3) is 0.400. The first-order valence-electron chi connectivity index (χ1n) is 8.83. The van der Waals surface area contributed by atoms with Crippen LogP contribution in [0.3, 0.4) is 0 Å². The second-order valence-corrected chi connectivity index (χ2v) is 6.97. The summed E-state index contributed by atoms with van der Waals surface area (Å²) in [7, 11) is 0. The Morgan fingerprint density at radius 2 is 1.92 bits per heavy atom. The standard InChI is InChI=1S/C20H26N4O/c1-14(2)16-4-6-19(7-5-16)24-13-18(12-22-24)17-8-10-23(11-9-17)15(3)20(21)25/h4-8,12-15H,9-11H2,1-3H3,(H2,21,25). The van der Waals surface area contributed by atoms with E-state index in [9.17, 15) is 4.79 Å². The molecule has 1 aromatic heterocycles. The normalized spacial score (nSPS) is 16.7. The Balaban J connectivity index is 1.73. The topological polar surface area (TPSA) is 64.2 Å². The van der Waals surface area contributed by atoms with Crippen LogP contribution in [0.5, 0.6) is 0 Å². The molecule has 5 heteroatoms. The van der Waals surface area contributed by atoms with Crippen molar-refractivity contribution in [3.8, 4) is 5.69 Å². The molecule has 0 spiro atoms. The number of carbonyl (C=O) groups excluding carboxylic acids is 1. The van der Waals surface area contributed by atoms with Gasteiger partial charge in [-0.25, -0.2) is 4.68 Å². The molecule has 1 aliphatic heterocycles. The highest BCUT2D eigenvalue weighted by Gasteiger charge is 2.21. The SMILES string of the molecule is CC(C)c1ccc(-n2cc(C3=CCN(C(C)C(N)=O)CC3)cn2)cc1. The summed E-state index contributed by atoms with van der Waals surface area (Å²) in [6.45, 7) is 7.83. The third-order valence-electron chi connectivity index (χ3n) is 4.98. The maximum absolute atomic E-state index is 11.3. The second-order valence-electron chi connectivity index (χ2n) is 6.97. The van der Waals surface area contributed by atoms with E-state index in [1.807, 2.05) is 17.8 Å². The maximum Gasteiger partial charge on any atom is 0.234 e. The summed E-state index contributed by atoms with van der Waals surface area (Å²) < 4.78 is 1.92. The highest BCUT2D eigenvalue weighted by atomic mass is 16.1. The van der Waals surface area contributed by atoms with Crippen molar-refractivity contribution >= 4 is 11.5 Å². The van der Waals surface area contributed by atoms with Crippen LogP contribution in [-0.4, -0.2) is 39.7 Å². The predicted molar refractivity (Wildman–Crippen MR) is 100 cm³/mol. The van der Waals surface area contributed by atoms with E-state index < -0.39 is 0 Å². The van der Waals surface area contributed by atoms with Gasteiger partial charge in [-0.3, -0.25) is 9.69 Å². The molecule has 2 N–H and O–H groups in total. The summed E-state index contributed by atoms with van der Waals surface area (Å²) in [6, 6.07) is 8.31. The van der Waals surface area contributed by atoms with Crippen LogP contribution in [0.1, 0.15) is 44.2 Å². The first-order chi connectivity index (χ1) is 12.0. The Hall–Kier alpha value is -2.40. The monoisotopic (exact) mass is 338 g/mol. The Kier molecular flexibility index (Phi) is 5.04. The molecule has 25 heavy (non-hydrogen) atoms. The van der Waals surface area contributed by atoms with E-state index in [1.54, 1.807) is 0 Å². The van der Waals surface area contributed by atoms with Gasteiger partial charge >= 0.3 is 0 Å². The molecule has 0 radical (unpaired) electrons. The summed E-state index contributed by atoms with van der Waals surface area (Å²) in [4.78, 5) is 13.4. The number of amides is 1. The van der Waals surface area contributed by atoms with Gasteiger partial charge in [-0.1, -0.05) is 32.1 Å². The smallest absolute Gasteiger partial charge is 0.234 e. The Morgan fingerprint density at radius 3 is 2.48 bits per heavy atom. The van der Waals surface area contributed by atoms with Crippen LogP contribution >= 0.6 is 0 Å². The molecule has 5 nitrogen and oxygen atoms in total. The van der Waals surface area contributed by atoms with E-state index in [4.69, 9.17) is 5.73 Å². The number of aromatic nitrogens is 2. The van der Waals surface area contributed by atoms with E-state index >= 15 is 0 Å². The number of hydrogen-bond donors (Lipinski definition) is 1. The molecule has 0 fully saturated rings. The van der Waals surface area contributed by atoms with Gasteiger partial charge in [-0.05, 0) is 42.5 Å². The molecule has 0 saturated heterocycles. The van der Waals surface area contributed by atoms with Gasteiger partial charge in [-0.15, -0.1) is 0 Å². The van der Waals surface area contributed by atoms with Crippen LogP contribution < -0.4 is 5.73 Å². The van der Waals surface area contributed by atoms with E-state index in [0.29, 0.717) is 5.92 Å². The van der Waals surface area contributed by atoms with Gasteiger partial charge in [0.25, 0.3) is 0 Å². The maximum atomic E-state index is 11.3. The number of nitrogens with two attached hydrogens (primary N) is 1. The Bertz CT molecular complexity index is 773. The lowest BCUT2D eigenvalue weighted by Gasteiger charge is -2.29. The number of rotatable bonds is 5. The zero-order valence-electron chi connectivity index (χ0n) is 15.1. The predicted octanol–water partition coefficient (Wildman–Crippen LogP) is 2.96. The average Bonchev–Trinajstić information content (AvgIpc) is 3.11. The molecule has 2 heterocycles. The fourth-order valence-corrected chi connectivity index (χ4v) is 3.12. The fourth-order valence-electron chi connectivity index (χ4n) is 3.12. The lowest BCUT2D eigenvalue weighted by Crippen LogP contribution is -2.44. The molecule has 1 amide bonds. The average molecular weight is 338 g/mol. The van der Waals surface area contributed by atoms with Crippen LogP contribution in [-0.2, 0) is 4.79 Å². The first-order valence-corrected chi connectivity index (χ1v) is 8.83. The van der Waals surface area contributed by atoms with E-state index in [2.05, 4.69) is 60.4 Å². The Labute approximate surface area is 149 Å². The number of hydrogen-bond acceptors (Lipinski definition) is 3. The summed E-state index contributed by atoms with van der Waals surface area (Å²) in [5.41, 5.74) is 10.2. The third kappa shape index (κ3) is 3.82. The van der Waals surface area contributed by atoms with Gasteiger partial charge in [0.15, 0.2) is 0 Å². The molecule has 0 aliphatic carbocycles. The summed E-state index contributed by atoms with van der Waals surface area (Å²) in [5, 5.41) is 4.51. The highest BCUT2D eigenvalue weighted by Crippen LogP contribution is 2.24. The summed E-state index contributed by atoms with van der Waals surface area (Å²) in [6.07, 6.45) is 7.06. The summed E-state index contributed by atoms with van der Waals surface area (Å²) >= 11 is 0. The van der Waals surface area contributed by atoms with Gasteiger partial charge in [-0.2, -0.15) is 5.10 Å². The van der Waals surface area contributed by atoms with Crippen LogP contribution in [0.2, 0.25) is 0 Å². The number of benzene rings is 1. The van der Waals surface area contributed by atoms with Gasteiger partial charge < -0.3 is 5.73 Å². The van der Waals surface area contributed by atoms with Crippen LogP contribution in [0.25, 0.3) is 11.3 Å². The second kappa shape index (κ2) is 7.23. The number of nitrogens with zero attached hydrogens (tertiary/aromatic N) is 3. The van der Waals surface area contributed by atoms with Crippen molar-refractivity contribution in [2.24, 2.45) is 5.73 Å². The van der Waals surface area contributed by atoms with Crippen LogP contribution in [0.15, 0.2) is 42.7 Å². The van der Waals surface area contributed by atoms with Gasteiger partial charge in [0.05, 0.1) is 17.9 Å². The molecule has 1 unspecified atom stereocenters. The Morgan fingerprint density at radius 1 is 1.20 bits per heavy atom. The molecule has 1 atom stereocenters. The van der Waals surface area contributed by atoms with E-state index in [1.165, 1.54) is 11.1 Å². The van der Waals surface area contributed by atoms with Crippen molar-refractivity contribution in [2.75, 3.05) is 13.1 Å². The third-order valence-corrected chi connectivity index (χ3v) is 4.98. The van der Waals surface area contributed by atoms with Gasteiger partial charge in [0, 0.05) is 24.8 Å². The minimum absolute atomic E-state index is 0.222. The molecule has 132 valence electrons.